The minimum Gasteiger partial charge on any atom is -0.469 e. The van der Waals surface area contributed by atoms with Gasteiger partial charge in [-0.1, -0.05) is 36.4 Å². The Hall–Kier alpha value is -2.66. The zero-order valence-electron chi connectivity index (χ0n) is 12.1. The quantitative estimate of drug-likeness (QED) is 0.817. The zero-order chi connectivity index (χ0) is 15.5. The Morgan fingerprint density at radius 3 is 2.55 bits per heavy atom. The molecule has 0 saturated heterocycles. The average Bonchev–Trinajstić information content (AvgIpc) is 2.58. The van der Waals surface area contributed by atoms with Gasteiger partial charge >= 0.3 is 5.97 Å². The molecule has 1 aliphatic heterocycles. The van der Waals surface area contributed by atoms with Crippen molar-refractivity contribution in [3.8, 4) is 0 Å². The maximum atomic E-state index is 12.6. The van der Waals surface area contributed by atoms with Gasteiger partial charge in [0.15, 0.2) is 0 Å². The molecule has 22 heavy (non-hydrogen) atoms. The lowest BCUT2D eigenvalue weighted by atomic mass is 9.98. The summed E-state index contributed by atoms with van der Waals surface area (Å²) < 4.78 is 4.71. The van der Waals surface area contributed by atoms with Crippen molar-refractivity contribution < 1.29 is 19.2 Å². The van der Waals surface area contributed by atoms with Crippen molar-refractivity contribution in [3.05, 3.63) is 65.7 Å². The van der Waals surface area contributed by atoms with Gasteiger partial charge in [-0.3, -0.25) is 14.4 Å². The molecule has 1 aliphatic rings. The molecule has 0 aromatic heterocycles. The number of hydrogen-bond acceptors (Lipinski definition) is 4. The van der Waals surface area contributed by atoms with E-state index in [2.05, 4.69) is 0 Å². The second-order valence-electron chi connectivity index (χ2n) is 4.90. The molecule has 0 spiro atoms. The number of carbonyl (C=O) groups excluding carboxylic acids is 2. The maximum Gasteiger partial charge on any atom is 0.308 e. The number of amides is 1. The van der Waals surface area contributed by atoms with Gasteiger partial charge < -0.3 is 4.74 Å². The van der Waals surface area contributed by atoms with E-state index in [4.69, 9.17) is 9.57 Å². The van der Waals surface area contributed by atoms with Crippen molar-refractivity contribution in [3.63, 3.8) is 0 Å². The van der Waals surface area contributed by atoms with E-state index < -0.39 is 6.10 Å². The highest BCUT2D eigenvalue weighted by Crippen LogP contribution is 2.34. The van der Waals surface area contributed by atoms with E-state index in [1.165, 1.54) is 12.2 Å². The first kappa shape index (κ1) is 14.3. The molecule has 5 nitrogen and oxygen atoms in total. The van der Waals surface area contributed by atoms with E-state index in [0.717, 1.165) is 0 Å². The molecule has 2 aromatic rings. The Labute approximate surface area is 128 Å². The Balaban J connectivity index is 2.00. The van der Waals surface area contributed by atoms with E-state index in [9.17, 15) is 9.59 Å². The third-order valence-electron chi connectivity index (χ3n) is 3.53. The van der Waals surface area contributed by atoms with Gasteiger partial charge in [-0.05, 0) is 23.8 Å². The first-order chi connectivity index (χ1) is 10.7. The van der Waals surface area contributed by atoms with Crippen LogP contribution in [0.1, 0.15) is 28.4 Å². The molecule has 0 aliphatic carbocycles. The monoisotopic (exact) mass is 297 g/mol. The van der Waals surface area contributed by atoms with Gasteiger partial charge in [-0.25, -0.2) is 0 Å². The fraction of sp³-hybridized carbons (Fsp3) is 0.176. The third-order valence-corrected chi connectivity index (χ3v) is 3.53. The second-order valence-corrected chi connectivity index (χ2v) is 4.90. The van der Waals surface area contributed by atoms with Crippen LogP contribution in [-0.4, -0.2) is 19.0 Å². The zero-order valence-corrected chi connectivity index (χ0v) is 12.1. The van der Waals surface area contributed by atoms with Crippen LogP contribution in [0.25, 0.3) is 0 Å². The smallest absolute Gasteiger partial charge is 0.308 e. The van der Waals surface area contributed by atoms with E-state index >= 15 is 0 Å². The number of esters is 1. The molecule has 1 atom stereocenters. The highest BCUT2D eigenvalue weighted by atomic mass is 16.7. The number of hydroxylamine groups is 1. The molecule has 3 rings (SSSR count). The molecule has 1 amide bonds. The third kappa shape index (κ3) is 2.58. The maximum absolute atomic E-state index is 12.6. The summed E-state index contributed by atoms with van der Waals surface area (Å²) in [5, 5.41) is 1.23. The predicted molar refractivity (Wildman–Crippen MR) is 80.2 cm³/mol. The van der Waals surface area contributed by atoms with Crippen molar-refractivity contribution in [1.29, 1.82) is 0 Å². The average molecular weight is 297 g/mol. The van der Waals surface area contributed by atoms with E-state index in [1.54, 1.807) is 30.3 Å². The number of ether oxygens (including phenoxy) is 1. The minimum atomic E-state index is -0.554. The van der Waals surface area contributed by atoms with Crippen LogP contribution in [0.2, 0.25) is 0 Å². The molecule has 0 radical (unpaired) electrons. The summed E-state index contributed by atoms with van der Waals surface area (Å²) in [6, 6.07) is 16.2. The molecular weight excluding hydrogens is 282 g/mol. The molecule has 0 fully saturated rings. The van der Waals surface area contributed by atoms with Gasteiger partial charge in [0.1, 0.15) is 6.10 Å². The number of nitrogens with zero attached hydrogens (tertiary/aromatic N) is 1. The minimum absolute atomic E-state index is 0.0458. The van der Waals surface area contributed by atoms with Crippen LogP contribution < -0.4 is 5.06 Å². The number of hydrogen-bond donors (Lipinski definition) is 0. The van der Waals surface area contributed by atoms with Crippen molar-refractivity contribution in [2.24, 2.45) is 0 Å². The summed E-state index contributed by atoms with van der Waals surface area (Å²) in [5.74, 6) is -0.634. The van der Waals surface area contributed by atoms with Gasteiger partial charge in [-0.2, -0.15) is 5.06 Å². The Kier molecular flexibility index (Phi) is 3.89. The Morgan fingerprint density at radius 1 is 1.14 bits per heavy atom. The van der Waals surface area contributed by atoms with Crippen molar-refractivity contribution in [2.75, 3.05) is 12.2 Å². The van der Waals surface area contributed by atoms with Crippen LogP contribution in [0.3, 0.4) is 0 Å². The standard InChI is InChI=1S/C17H15NO4/c1-21-16(19)11-15-13-9-5-6-10-14(13)17(20)18(22-15)12-7-3-2-4-8-12/h2-10,15H,11H2,1H3/t15-/m0/s1. The highest BCUT2D eigenvalue weighted by Gasteiger charge is 2.34. The number of carbonyl (C=O) groups is 2. The van der Waals surface area contributed by atoms with Gasteiger partial charge in [0, 0.05) is 5.56 Å². The summed E-state index contributed by atoms with van der Waals surface area (Å²) in [6.45, 7) is 0. The molecule has 0 N–H and O–H groups in total. The molecule has 0 unspecified atom stereocenters. The highest BCUT2D eigenvalue weighted by molar-refractivity contribution is 6.06. The number of fused-ring (bicyclic) bond motifs is 1. The van der Waals surface area contributed by atoms with Crippen LogP contribution in [0.15, 0.2) is 54.6 Å². The Morgan fingerprint density at radius 2 is 1.82 bits per heavy atom. The number of rotatable bonds is 3. The van der Waals surface area contributed by atoms with Crippen LogP contribution >= 0.6 is 0 Å². The topological polar surface area (TPSA) is 55.8 Å². The fourth-order valence-electron chi connectivity index (χ4n) is 2.44. The van der Waals surface area contributed by atoms with Gasteiger partial charge in [0.2, 0.25) is 0 Å². The predicted octanol–water partition coefficient (Wildman–Crippen LogP) is 2.88. The summed E-state index contributed by atoms with van der Waals surface area (Å²) in [6.07, 6.45) is -0.508. The normalized spacial score (nSPS) is 17.0. The lowest BCUT2D eigenvalue weighted by Gasteiger charge is -2.33. The number of para-hydroxylation sites is 1. The second kappa shape index (κ2) is 5.99. The van der Waals surface area contributed by atoms with Crippen molar-refractivity contribution >= 4 is 17.6 Å². The molecule has 5 heteroatoms. The molecular formula is C17H15NO4. The van der Waals surface area contributed by atoms with Crippen LogP contribution in [0.5, 0.6) is 0 Å². The molecule has 112 valence electrons. The molecule has 0 bridgehead atoms. The van der Waals surface area contributed by atoms with Crippen molar-refractivity contribution in [2.45, 2.75) is 12.5 Å². The largest absolute Gasteiger partial charge is 0.469 e. The number of anilines is 1. The van der Waals surface area contributed by atoms with Crippen LogP contribution in [-0.2, 0) is 14.4 Å². The number of methoxy groups -OCH3 is 1. The molecule has 1 heterocycles. The lowest BCUT2D eigenvalue weighted by Crippen LogP contribution is -2.38. The number of benzene rings is 2. The fourth-order valence-corrected chi connectivity index (χ4v) is 2.44. The van der Waals surface area contributed by atoms with Crippen LogP contribution in [0, 0.1) is 0 Å². The van der Waals surface area contributed by atoms with E-state index in [0.29, 0.717) is 16.8 Å². The van der Waals surface area contributed by atoms with Gasteiger partial charge in [0.05, 0.1) is 19.2 Å². The summed E-state index contributed by atoms with van der Waals surface area (Å²) in [7, 11) is 1.33. The Bertz CT molecular complexity index is 699. The van der Waals surface area contributed by atoms with E-state index in [1.807, 2.05) is 24.3 Å². The SMILES string of the molecule is COC(=O)C[C@@H]1ON(c2ccccc2)C(=O)c2ccccc21. The van der Waals surface area contributed by atoms with Gasteiger partial charge in [-0.15, -0.1) is 0 Å². The van der Waals surface area contributed by atoms with Crippen LogP contribution in [0.4, 0.5) is 5.69 Å². The first-order valence-corrected chi connectivity index (χ1v) is 6.92. The first-order valence-electron chi connectivity index (χ1n) is 6.92. The molecule has 2 aromatic carbocycles. The molecule has 0 saturated carbocycles. The van der Waals surface area contributed by atoms with Crippen molar-refractivity contribution in [1.82, 2.24) is 0 Å². The van der Waals surface area contributed by atoms with Gasteiger partial charge in [0.25, 0.3) is 5.91 Å². The lowest BCUT2D eigenvalue weighted by molar-refractivity contribution is -0.144. The summed E-state index contributed by atoms with van der Waals surface area (Å²) in [4.78, 5) is 30.0. The summed E-state index contributed by atoms with van der Waals surface area (Å²) >= 11 is 0. The summed E-state index contributed by atoms with van der Waals surface area (Å²) in [5.41, 5.74) is 1.86. The van der Waals surface area contributed by atoms with E-state index in [-0.39, 0.29) is 18.3 Å².